The first kappa shape index (κ1) is 33.7. The summed E-state index contributed by atoms with van der Waals surface area (Å²) in [5, 5.41) is 0. The van der Waals surface area contributed by atoms with E-state index in [0.29, 0.717) is 11.3 Å². The average molecular weight is 821 g/mol. The number of ketones is 1. The van der Waals surface area contributed by atoms with E-state index in [1.54, 1.807) is 36.4 Å². The Morgan fingerprint density at radius 1 is 0.615 bits per heavy atom. The minimum Gasteiger partial charge on any atom is -0.497 e. The van der Waals surface area contributed by atoms with Crippen molar-refractivity contribution < 1.29 is 38.2 Å². The highest BCUT2D eigenvalue weighted by molar-refractivity contribution is 9.10. The van der Waals surface area contributed by atoms with Crippen molar-refractivity contribution in [3.8, 4) is 11.5 Å². The highest BCUT2D eigenvalue weighted by atomic mass is 79.9. The molecule has 258 valence electrons. The summed E-state index contributed by atoms with van der Waals surface area (Å²) in [4.78, 5) is 68.6. The second-order valence-corrected chi connectivity index (χ2v) is 15.2. The number of anilines is 1. The van der Waals surface area contributed by atoms with Crippen molar-refractivity contribution in [1.29, 1.82) is 0 Å². The van der Waals surface area contributed by atoms with Crippen LogP contribution in [0.4, 0.5) is 5.69 Å². The van der Waals surface area contributed by atoms with Gasteiger partial charge in [-0.2, -0.15) is 0 Å². The smallest absolute Gasteiger partial charge is 0.343 e. The van der Waals surface area contributed by atoms with Gasteiger partial charge in [0.1, 0.15) is 11.5 Å². The summed E-state index contributed by atoms with van der Waals surface area (Å²) in [6.07, 6.45) is 0. The Kier molecular flexibility index (Phi) is 8.23. The monoisotopic (exact) mass is 819 g/mol. The molecule has 52 heavy (non-hydrogen) atoms. The molecule has 11 heteroatoms. The minimum absolute atomic E-state index is 0.0669. The zero-order valence-electron chi connectivity index (χ0n) is 27.4. The Morgan fingerprint density at radius 2 is 1.13 bits per heavy atom. The van der Waals surface area contributed by atoms with Gasteiger partial charge in [0.25, 0.3) is 0 Å². The summed E-state index contributed by atoms with van der Waals surface area (Å²) in [7, 11) is 1.50. The maximum Gasteiger partial charge on any atom is 0.343 e. The highest BCUT2D eigenvalue weighted by Gasteiger charge is 2.72. The van der Waals surface area contributed by atoms with Crippen molar-refractivity contribution in [2.45, 2.75) is 8.65 Å². The molecule has 9 nitrogen and oxygen atoms in total. The molecule has 0 aromatic heterocycles. The third-order valence-corrected chi connectivity index (χ3v) is 12.6. The van der Waals surface area contributed by atoms with E-state index < -0.39 is 56.6 Å². The van der Waals surface area contributed by atoms with Crippen molar-refractivity contribution in [2.75, 3.05) is 18.6 Å². The zero-order chi connectivity index (χ0) is 36.4. The van der Waals surface area contributed by atoms with E-state index >= 15 is 0 Å². The molecule has 5 aromatic carbocycles. The van der Waals surface area contributed by atoms with Gasteiger partial charge in [0.2, 0.25) is 11.8 Å². The van der Waals surface area contributed by atoms with Crippen LogP contribution in [0.5, 0.6) is 11.5 Å². The summed E-state index contributed by atoms with van der Waals surface area (Å²) < 4.78 is 14.0. The fourth-order valence-corrected chi connectivity index (χ4v) is 9.92. The van der Waals surface area contributed by atoms with Crippen LogP contribution in [-0.4, -0.2) is 43.3 Å². The Morgan fingerprint density at radius 3 is 1.67 bits per heavy atom. The van der Waals surface area contributed by atoms with Crippen molar-refractivity contribution in [2.24, 2.45) is 11.8 Å². The van der Waals surface area contributed by atoms with Gasteiger partial charge in [0.15, 0.2) is 12.4 Å². The summed E-state index contributed by atoms with van der Waals surface area (Å²) in [5.74, 6) is -3.46. The number of methoxy groups -OCH3 is 1. The topological polar surface area (TPSA) is 116 Å². The zero-order valence-corrected chi connectivity index (χ0v) is 30.5. The number of ether oxygens (including phenoxy) is 3. The number of carbonyl (C=O) groups excluding carboxylic acids is 5. The van der Waals surface area contributed by atoms with Gasteiger partial charge < -0.3 is 14.2 Å². The lowest BCUT2D eigenvalue weighted by atomic mass is 9.54. The largest absolute Gasteiger partial charge is 0.497 e. The van der Waals surface area contributed by atoms with Crippen molar-refractivity contribution in [3.63, 3.8) is 0 Å². The van der Waals surface area contributed by atoms with Crippen LogP contribution in [0.1, 0.15) is 53.3 Å². The predicted octanol–water partition coefficient (Wildman–Crippen LogP) is 7.36. The Bertz CT molecular complexity index is 2220. The Balaban J connectivity index is 0.981. The van der Waals surface area contributed by atoms with E-state index in [2.05, 4.69) is 31.9 Å². The van der Waals surface area contributed by atoms with E-state index in [9.17, 15) is 24.0 Å². The molecule has 0 N–H and O–H groups in total. The van der Waals surface area contributed by atoms with Crippen LogP contribution in [0.2, 0.25) is 0 Å². The van der Waals surface area contributed by atoms with Crippen LogP contribution < -0.4 is 14.4 Å². The van der Waals surface area contributed by atoms with Crippen LogP contribution >= 0.6 is 31.9 Å². The van der Waals surface area contributed by atoms with Crippen LogP contribution in [0.15, 0.2) is 121 Å². The Labute approximate surface area is 314 Å². The van der Waals surface area contributed by atoms with Crippen molar-refractivity contribution >= 4 is 67.1 Å². The number of carbonyl (C=O) groups is 5. The number of halogens is 2. The molecule has 4 aliphatic rings. The maximum absolute atomic E-state index is 14.4. The molecular weight excluding hydrogens is 794 g/mol. The standard InChI is InChI=1S/C41H27Br2NO8/c1-50-28-11-7-9-25(21-28)39(49)52-27-18-16-23(17-19-27)33(45)22-51-38(48)24-8-6-10-26(20-24)44-36(46)34-35(37(44)47)41(43)30-13-3-2-12-29(30)40(34,42)31-14-4-5-15-32(31)41/h2-21,34-35H,22H2,1H3. The summed E-state index contributed by atoms with van der Waals surface area (Å²) in [6, 6.07) is 34.1. The molecule has 2 amide bonds. The number of imide groups is 1. The van der Waals surface area contributed by atoms with E-state index in [1.807, 2.05) is 48.5 Å². The Hall–Kier alpha value is -5.39. The minimum atomic E-state index is -0.950. The first-order valence-corrected chi connectivity index (χ1v) is 17.9. The molecule has 0 saturated carbocycles. The molecule has 1 fully saturated rings. The molecule has 0 spiro atoms. The molecule has 1 saturated heterocycles. The van der Waals surface area contributed by atoms with Gasteiger partial charge in [0.05, 0.1) is 44.4 Å². The molecule has 2 atom stereocenters. The molecule has 3 aliphatic carbocycles. The third-order valence-electron chi connectivity index (χ3n) is 9.95. The number of benzene rings is 5. The van der Waals surface area contributed by atoms with Gasteiger partial charge in [0, 0.05) is 5.56 Å². The molecule has 2 unspecified atom stereocenters. The number of rotatable bonds is 8. The number of alkyl halides is 2. The third kappa shape index (κ3) is 5.05. The second kappa shape index (κ2) is 12.7. The fraction of sp³-hybridized carbons (Fsp3) is 0.146. The second-order valence-electron chi connectivity index (χ2n) is 12.7. The molecule has 2 bridgehead atoms. The normalized spacial score (nSPS) is 22.2. The van der Waals surface area contributed by atoms with Crippen LogP contribution in [0, 0.1) is 11.8 Å². The number of hydrogen-bond acceptors (Lipinski definition) is 8. The number of esters is 2. The number of Topliss-reactive ketones (excluding diaryl/α,β-unsaturated/α-hetero) is 1. The lowest BCUT2D eigenvalue weighted by Gasteiger charge is -2.55. The van der Waals surface area contributed by atoms with Gasteiger partial charge in [-0.1, -0.05) is 92.5 Å². The van der Waals surface area contributed by atoms with E-state index in [-0.39, 0.29) is 22.6 Å². The van der Waals surface area contributed by atoms with Crippen LogP contribution in [0.3, 0.4) is 0 Å². The fourth-order valence-electron chi connectivity index (χ4n) is 7.62. The molecule has 9 rings (SSSR count). The maximum atomic E-state index is 14.4. The van der Waals surface area contributed by atoms with Gasteiger partial charge in [-0.25, -0.2) is 14.5 Å². The van der Waals surface area contributed by atoms with E-state index in [4.69, 9.17) is 14.2 Å². The summed E-state index contributed by atoms with van der Waals surface area (Å²) in [5.41, 5.74) is 4.50. The van der Waals surface area contributed by atoms with Gasteiger partial charge in [-0.05, 0) is 82.9 Å². The first-order valence-electron chi connectivity index (χ1n) is 16.3. The SMILES string of the molecule is COc1cccc(C(=O)Oc2ccc(C(=O)COC(=O)c3cccc(N4C(=O)C5C(C4=O)C4(Br)c6ccccc6C5(Br)c5ccccc54)c3)cc2)c1. The quantitative estimate of drug-likeness (QED) is 0.0525. The molecule has 1 aliphatic heterocycles. The van der Waals surface area contributed by atoms with Gasteiger partial charge in [-0.15, -0.1) is 0 Å². The lowest BCUT2D eigenvalue weighted by Crippen LogP contribution is -2.56. The van der Waals surface area contributed by atoms with Crippen LogP contribution in [0.25, 0.3) is 0 Å². The first-order chi connectivity index (χ1) is 25.1. The highest BCUT2D eigenvalue weighted by Crippen LogP contribution is 2.70. The van der Waals surface area contributed by atoms with Gasteiger partial charge >= 0.3 is 11.9 Å². The average Bonchev–Trinajstić information content (AvgIpc) is 3.46. The number of amides is 2. The number of nitrogens with zero attached hydrogens (tertiary/aromatic N) is 1. The van der Waals surface area contributed by atoms with Crippen molar-refractivity contribution in [1.82, 2.24) is 0 Å². The van der Waals surface area contributed by atoms with Crippen LogP contribution in [-0.2, 0) is 23.0 Å². The number of hydrogen-bond donors (Lipinski definition) is 0. The summed E-state index contributed by atoms with van der Waals surface area (Å²) in [6.45, 7) is -0.563. The molecule has 0 radical (unpaired) electrons. The molecule has 5 aromatic rings. The van der Waals surface area contributed by atoms with Crippen molar-refractivity contribution in [3.05, 3.63) is 160 Å². The predicted molar refractivity (Wildman–Crippen MR) is 197 cm³/mol. The summed E-state index contributed by atoms with van der Waals surface area (Å²) >= 11 is 7.99. The lowest BCUT2D eigenvalue weighted by molar-refractivity contribution is -0.122. The molecule has 1 heterocycles. The molecular formula is C41H27Br2NO8. The van der Waals surface area contributed by atoms with E-state index in [1.165, 1.54) is 43.5 Å². The van der Waals surface area contributed by atoms with E-state index in [0.717, 1.165) is 27.2 Å². The van der Waals surface area contributed by atoms with Gasteiger partial charge in [-0.3, -0.25) is 14.4 Å².